The molecule has 21 heavy (non-hydrogen) atoms. The summed E-state index contributed by atoms with van der Waals surface area (Å²) in [7, 11) is 0. The molecule has 1 unspecified atom stereocenters. The zero-order valence-electron chi connectivity index (χ0n) is 11.3. The summed E-state index contributed by atoms with van der Waals surface area (Å²) in [6, 6.07) is 10.0. The average Bonchev–Trinajstić information content (AvgIpc) is 2.48. The molecule has 4 nitrogen and oxygen atoms in total. The van der Waals surface area contributed by atoms with Crippen molar-refractivity contribution in [2.75, 3.05) is 11.9 Å². The Hall–Kier alpha value is -1.59. The van der Waals surface area contributed by atoms with Crippen molar-refractivity contribution in [1.82, 2.24) is 4.98 Å². The van der Waals surface area contributed by atoms with E-state index in [0.717, 1.165) is 10.2 Å². The molecule has 0 aliphatic carbocycles. The van der Waals surface area contributed by atoms with Crippen molar-refractivity contribution in [3.63, 3.8) is 0 Å². The lowest BCUT2D eigenvalue weighted by molar-refractivity contribution is -0.144. The van der Waals surface area contributed by atoms with Crippen LogP contribution in [0.5, 0.6) is 0 Å². The molecule has 0 spiro atoms. The molecule has 0 radical (unpaired) electrons. The third kappa shape index (κ3) is 4.44. The van der Waals surface area contributed by atoms with Gasteiger partial charge in [-0.2, -0.15) is 0 Å². The molecule has 1 N–H and O–H groups in total. The van der Waals surface area contributed by atoms with Crippen LogP contribution in [0.4, 0.5) is 5.69 Å². The first-order valence-electron chi connectivity index (χ1n) is 6.40. The number of ether oxygens (including phenoxy) is 1. The molecule has 0 bridgehead atoms. The van der Waals surface area contributed by atoms with E-state index in [2.05, 4.69) is 26.2 Å². The van der Waals surface area contributed by atoms with E-state index in [1.807, 2.05) is 6.07 Å². The van der Waals surface area contributed by atoms with Gasteiger partial charge in [0, 0.05) is 21.4 Å². The molecule has 0 aliphatic heterocycles. The number of hydrogen-bond acceptors (Lipinski definition) is 4. The molecule has 2 rings (SSSR count). The highest BCUT2D eigenvalue weighted by molar-refractivity contribution is 9.10. The fourth-order valence-corrected chi connectivity index (χ4v) is 2.11. The van der Waals surface area contributed by atoms with E-state index in [4.69, 9.17) is 16.3 Å². The quantitative estimate of drug-likeness (QED) is 0.802. The number of hydrogen-bond donors (Lipinski definition) is 1. The summed E-state index contributed by atoms with van der Waals surface area (Å²) in [4.78, 5) is 16.4. The van der Waals surface area contributed by atoms with E-state index >= 15 is 0 Å². The normalized spacial score (nSPS) is 11.8. The number of benzene rings is 1. The van der Waals surface area contributed by atoms with Crippen molar-refractivity contribution >= 4 is 39.2 Å². The maximum atomic E-state index is 12.1. The van der Waals surface area contributed by atoms with E-state index in [1.165, 1.54) is 0 Å². The zero-order chi connectivity index (χ0) is 15.2. The number of pyridine rings is 1. The molecule has 1 atom stereocenters. The molecule has 0 fully saturated rings. The Balaban J connectivity index is 2.25. The van der Waals surface area contributed by atoms with E-state index in [9.17, 15) is 4.79 Å². The molecule has 1 aromatic carbocycles. The third-order valence-electron chi connectivity index (χ3n) is 2.72. The molecule has 0 aliphatic rings. The van der Waals surface area contributed by atoms with Crippen LogP contribution in [0.2, 0.25) is 5.02 Å². The van der Waals surface area contributed by atoms with Gasteiger partial charge in [-0.15, -0.1) is 0 Å². The Morgan fingerprint density at radius 2 is 2.05 bits per heavy atom. The van der Waals surface area contributed by atoms with Gasteiger partial charge in [-0.05, 0) is 59.3 Å². The first-order chi connectivity index (χ1) is 10.1. The predicted octanol–water partition coefficient (Wildman–Crippen LogP) is 4.21. The maximum Gasteiger partial charge on any atom is 0.334 e. The average molecular weight is 370 g/mol. The van der Waals surface area contributed by atoms with Crippen LogP contribution in [0, 0.1) is 0 Å². The summed E-state index contributed by atoms with van der Waals surface area (Å²) in [6.45, 7) is 2.08. The standard InChI is InChI=1S/C15H14BrClN2O2/c1-2-21-15(20)14(13-8-3-10(16)9-18-13)19-12-6-4-11(17)5-7-12/h3-9,14,19H,2H2,1H3. The highest BCUT2D eigenvalue weighted by atomic mass is 79.9. The summed E-state index contributed by atoms with van der Waals surface area (Å²) in [5, 5.41) is 3.75. The summed E-state index contributed by atoms with van der Waals surface area (Å²) in [6.07, 6.45) is 1.64. The van der Waals surface area contributed by atoms with Gasteiger partial charge in [-0.1, -0.05) is 11.6 Å². The van der Waals surface area contributed by atoms with Gasteiger partial charge >= 0.3 is 5.97 Å². The van der Waals surface area contributed by atoms with Crippen LogP contribution in [-0.2, 0) is 9.53 Å². The Morgan fingerprint density at radius 1 is 1.33 bits per heavy atom. The number of esters is 1. The van der Waals surface area contributed by atoms with Crippen LogP contribution in [0.1, 0.15) is 18.7 Å². The second-order valence-electron chi connectivity index (χ2n) is 4.24. The van der Waals surface area contributed by atoms with Crippen molar-refractivity contribution in [3.05, 3.63) is 57.8 Å². The second kappa shape index (κ2) is 7.43. The van der Waals surface area contributed by atoms with Crippen molar-refractivity contribution in [2.24, 2.45) is 0 Å². The van der Waals surface area contributed by atoms with Crippen molar-refractivity contribution in [3.8, 4) is 0 Å². The van der Waals surface area contributed by atoms with Gasteiger partial charge in [0.1, 0.15) is 0 Å². The number of rotatable bonds is 5. The largest absolute Gasteiger partial charge is 0.464 e. The van der Waals surface area contributed by atoms with E-state index in [1.54, 1.807) is 43.5 Å². The molecule has 0 amide bonds. The Kier molecular flexibility index (Phi) is 5.59. The monoisotopic (exact) mass is 368 g/mol. The fraction of sp³-hybridized carbons (Fsp3) is 0.200. The van der Waals surface area contributed by atoms with Gasteiger partial charge in [0.05, 0.1) is 12.3 Å². The molecule has 1 aromatic heterocycles. The van der Waals surface area contributed by atoms with Crippen molar-refractivity contribution in [1.29, 1.82) is 0 Å². The Bertz CT molecular complexity index is 602. The van der Waals surface area contributed by atoms with Gasteiger partial charge < -0.3 is 10.1 Å². The Morgan fingerprint density at radius 3 is 2.62 bits per heavy atom. The number of anilines is 1. The number of nitrogens with zero attached hydrogens (tertiary/aromatic N) is 1. The molecule has 110 valence electrons. The SMILES string of the molecule is CCOC(=O)C(Nc1ccc(Cl)cc1)c1ccc(Br)cn1. The lowest BCUT2D eigenvalue weighted by Crippen LogP contribution is -2.24. The first kappa shape index (κ1) is 15.8. The molecule has 2 aromatic rings. The fourth-order valence-electron chi connectivity index (χ4n) is 1.75. The van der Waals surface area contributed by atoms with Crippen molar-refractivity contribution < 1.29 is 9.53 Å². The zero-order valence-corrected chi connectivity index (χ0v) is 13.7. The molecular formula is C15H14BrClN2O2. The lowest BCUT2D eigenvalue weighted by Gasteiger charge is -2.18. The number of carbonyl (C=O) groups excluding carboxylic acids is 1. The second-order valence-corrected chi connectivity index (χ2v) is 5.59. The molecule has 0 saturated heterocycles. The van der Waals surface area contributed by atoms with Crippen LogP contribution < -0.4 is 5.32 Å². The van der Waals surface area contributed by atoms with Crippen LogP contribution in [0.15, 0.2) is 47.1 Å². The van der Waals surface area contributed by atoms with Crippen LogP contribution >= 0.6 is 27.5 Å². The number of halogens is 2. The maximum absolute atomic E-state index is 12.1. The highest BCUT2D eigenvalue weighted by Crippen LogP contribution is 2.22. The van der Waals surface area contributed by atoms with Gasteiger partial charge in [-0.25, -0.2) is 4.79 Å². The van der Waals surface area contributed by atoms with Gasteiger partial charge in [0.2, 0.25) is 0 Å². The molecule has 1 heterocycles. The van der Waals surface area contributed by atoms with Crippen LogP contribution in [0.25, 0.3) is 0 Å². The molecular weight excluding hydrogens is 356 g/mol. The van der Waals surface area contributed by atoms with E-state index < -0.39 is 6.04 Å². The van der Waals surface area contributed by atoms with E-state index in [0.29, 0.717) is 17.3 Å². The number of aromatic nitrogens is 1. The van der Waals surface area contributed by atoms with Crippen molar-refractivity contribution in [2.45, 2.75) is 13.0 Å². The van der Waals surface area contributed by atoms with E-state index in [-0.39, 0.29) is 5.97 Å². The topological polar surface area (TPSA) is 51.2 Å². The predicted molar refractivity (Wildman–Crippen MR) is 86.4 cm³/mol. The lowest BCUT2D eigenvalue weighted by atomic mass is 10.1. The summed E-state index contributed by atoms with van der Waals surface area (Å²) in [5.74, 6) is -0.373. The minimum atomic E-state index is -0.667. The smallest absolute Gasteiger partial charge is 0.334 e. The van der Waals surface area contributed by atoms with Crippen LogP contribution in [0.3, 0.4) is 0 Å². The first-order valence-corrected chi connectivity index (χ1v) is 7.57. The minimum absolute atomic E-state index is 0.314. The van der Waals surface area contributed by atoms with Gasteiger partial charge in [0.15, 0.2) is 6.04 Å². The molecule has 6 heteroatoms. The summed E-state index contributed by atoms with van der Waals surface area (Å²) in [5.41, 5.74) is 1.36. The third-order valence-corrected chi connectivity index (χ3v) is 3.44. The Labute approximate surface area is 136 Å². The van der Waals surface area contributed by atoms with Gasteiger partial charge in [-0.3, -0.25) is 4.98 Å². The highest BCUT2D eigenvalue weighted by Gasteiger charge is 2.23. The summed E-state index contributed by atoms with van der Waals surface area (Å²) < 4.78 is 5.95. The summed E-state index contributed by atoms with van der Waals surface area (Å²) >= 11 is 9.18. The van der Waals surface area contributed by atoms with Gasteiger partial charge in [0.25, 0.3) is 0 Å². The number of carbonyl (C=O) groups is 1. The minimum Gasteiger partial charge on any atom is -0.464 e. The van der Waals surface area contributed by atoms with Crippen LogP contribution in [-0.4, -0.2) is 17.6 Å². The molecule has 0 saturated carbocycles. The number of nitrogens with one attached hydrogen (secondary N) is 1.